The molecule has 1 aromatic carbocycles. The Labute approximate surface area is 101 Å². The number of para-hydroxylation sites is 1. The maximum Gasteiger partial charge on any atom is 0.112 e. The van der Waals surface area contributed by atoms with E-state index in [1.807, 2.05) is 18.2 Å². The Morgan fingerprint density at radius 2 is 2.24 bits per heavy atom. The predicted octanol–water partition coefficient (Wildman–Crippen LogP) is 1.95. The molecule has 0 spiro atoms. The first-order chi connectivity index (χ1) is 8.27. The molecular formula is C13H19N3O. The minimum atomic E-state index is 0.124. The van der Waals surface area contributed by atoms with Gasteiger partial charge in [-0.3, -0.25) is 0 Å². The topological polar surface area (TPSA) is 64.1 Å². The molecule has 3 N–H and O–H groups in total. The largest absolute Gasteiger partial charge is 0.397 e. The summed E-state index contributed by atoms with van der Waals surface area (Å²) >= 11 is 0. The number of aromatic nitrogens is 2. The van der Waals surface area contributed by atoms with Gasteiger partial charge in [0.1, 0.15) is 11.3 Å². The second-order valence-corrected chi connectivity index (χ2v) is 4.22. The van der Waals surface area contributed by atoms with Gasteiger partial charge in [0.2, 0.25) is 0 Å². The van der Waals surface area contributed by atoms with E-state index in [1.54, 1.807) is 0 Å². The highest BCUT2D eigenvalue weighted by atomic mass is 16.3. The van der Waals surface area contributed by atoms with Crippen LogP contribution in [0.1, 0.15) is 25.6 Å². The van der Waals surface area contributed by atoms with E-state index in [9.17, 15) is 0 Å². The zero-order valence-corrected chi connectivity index (χ0v) is 10.2. The molecule has 0 unspecified atom stereocenters. The van der Waals surface area contributed by atoms with Crippen molar-refractivity contribution in [2.45, 2.75) is 32.7 Å². The lowest BCUT2D eigenvalue weighted by molar-refractivity contribution is 0.276. The number of benzene rings is 1. The molecule has 4 heteroatoms. The molecule has 0 radical (unpaired) electrons. The summed E-state index contributed by atoms with van der Waals surface area (Å²) in [6.45, 7) is 2.87. The summed E-state index contributed by atoms with van der Waals surface area (Å²) < 4.78 is 2.07. The van der Waals surface area contributed by atoms with Gasteiger partial charge in [-0.05, 0) is 18.6 Å². The Morgan fingerprint density at radius 1 is 1.41 bits per heavy atom. The molecule has 0 aliphatic carbocycles. The molecule has 2 rings (SSSR count). The first kappa shape index (κ1) is 11.9. The minimum absolute atomic E-state index is 0.124. The summed E-state index contributed by atoms with van der Waals surface area (Å²) in [5.74, 6) is 1.02. The summed E-state index contributed by atoms with van der Waals surface area (Å²) in [6, 6.07) is 5.79. The number of imidazole rings is 1. The number of hydrogen-bond donors (Lipinski definition) is 2. The first-order valence-electron chi connectivity index (χ1n) is 6.12. The Morgan fingerprint density at radius 3 is 2.94 bits per heavy atom. The highest BCUT2D eigenvalue weighted by molar-refractivity contribution is 5.87. The van der Waals surface area contributed by atoms with E-state index in [0.717, 1.165) is 36.1 Å². The highest BCUT2D eigenvalue weighted by Gasteiger charge is 2.11. The maximum absolute atomic E-state index is 9.14. The van der Waals surface area contributed by atoms with Crippen LogP contribution in [0, 0.1) is 0 Å². The molecule has 0 amide bonds. The third-order valence-electron chi connectivity index (χ3n) is 2.97. The van der Waals surface area contributed by atoms with Crippen molar-refractivity contribution in [2.24, 2.45) is 0 Å². The van der Waals surface area contributed by atoms with E-state index < -0.39 is 0 Å². The summed E-state index contributed by atoms with van der Waals surface area (Å²) in [4.78, 5) is 4.60. The quantitative estimate of drug-likeness (QED) is 0.776. The Balaban J connectivity index is 2.49. The van der Waals surface area contributed by atoms with Crippen LogP contribution in [0.2, 0.25) is 0 Å². The molecule has 1 heterocycles. The normalized spacial score (nSPS) is 11.2. The molecule has 0 saturated heterocycles. The van der Waals surface area contributed by atoms with Crippen molar-refractivity contribution in [3.8, 4) is 0 Å². The fraction of sp³-hybridized carbons (Fsp3) is 0.462. The summed E-state index contributed by atoms with van der Waals surface area (Å²) in [5.41, 5.74) is 8.50. The fourth-order valence-corrected chi connectivity index (χ4v) is 2.09. The van der Waals surface area contributed by atoms with Gasteiger partial charge in [-0.1, -0.05) is 19.4 Å². The summed E-state index contributed by atoms with van der Waals surface area (Å²) in [5, 5.41) is 9.14. The molecule has 0 aliphatic heterocycles. The molecule has 92 valence electrons. The van der Waals surface area contributed by atoms with Gasteiger partial charge in [0.05, 0.1) is 17.8 Å². The zero-order valence-electron chi connectivity index (χ0n) is 10.2. The number of anilines is 1. The highest BCUT2D eigenvalue weighted by Crippen LogP contribution is 2.22. The standard InChI is InChI=1S/C13H19N3O/c1-2-3-7-12-15-13-10(14)5-4-6-11(13)16(12)8-9-17/h4-6,17H,2-3,7-9,14H2,1H3. The van der Waals surface area contributed by atoms with Crippen molar-refractivity contribution in [3.63, 3.8) is 0 Å². The molecule has 17 heavy (non-hydrogen) atoms. The number of unbranched alkanes of at least 4 members (excludes halogenated alkanes) is 1. The van der Waals surface area contributed by atoms with Crippen LogP contribution in [-0.2, 0) is 13.0 Å². The van der Waals surface area contributed by atoms with Gasteiger partial charge in [0.25, 0.3) is 0 Å². The lowest BCUT2D eigenvalue weighted by atomic mass is 10.2. The van der Waals surface area contributed by atoms with Gasteiger partial charge in [-0.2, -0.15) is 0 Å². The molecule has 0 aliphatic rings. The van der Waals surface area contributed by atoms with Crippen LogP contribution in [0.4, 0.5) is 5.69 Å². The van der Waals surface area contributed by atoms with Gasteiger partial charge in [0, 0.05) is 13.0 Å². The van der Waals surface area contributed by atoms with Crippen LogP contribution < -0.4 is 5.73 Å². The molecule has 0 saturated carbocycles. The number of aliphatic hydroxyl groups is 1. The SMILES string of the molecule is CCCCc1nc2c(N)cccc2n1CCO. The zero-order chi connectivity index (χ0) is 12.3. The van der Waals surface area contributed by atoms with Crippen LogP contribution in [0.25, 0.3) is 11.0 Å². The van der Waals surface area contributed by atoms with Crippen LogP contribution in [0.5, 0.6) is 0 Å². The lowest BCUT2D eigenvalue weighted by Gasteiger charge is -2.06. The van der Waals surface area contributed by atoms with Crippen molar-refractivity contribution >= 4 is 16.7 Å². The van der Waals surface area contributed by atoms with Crippen LogP contribution in [0.3, 0.4) is 0 Å². The van der Waals surface area contributed by atoms with E-state index in [0.29, 0.717) is 12.2 Å². The third-order valence-corrected chi connectivity index (χ3v) is 2.97. The first-order valence-corrected chi connectivity index (χ1v) is 6.12. The Bertz CT molecular complexity index is 505. The second kappa shape index (κ2) is 5.19. The van der Waals surface area contributed by atoms with E-state index in [4.69, 9.17) is 10.8 Å². The summed E-state index contributed by atoms with van der Waals surface area (Å²) in [7, 11) is 0. The molecule has 0 atom stereocenters. The number of nitrogens with zero attached hydrogens (tertiary/aromatic N) is 2. The van der Waals surface area contributed by atoms with Gasteiger partial charge in [-0.25, -0.2) is 4.98 Å². The predicted molar refractivity (Wildman–Crippen MR) is 69.8 cm³/mol. The monoisotopic (exact) mass is 233 g/mol. The maximum atomic E-state index is 9.14. The van der Waals surface area contributed by atoms with Crippen LogP contribution >= 0.6 is 0 Å². The number of rotatable bonds is 5. The van der Waals surface area contributed by atoms with E-state index in [2.05, 4.69) is 16.5 Å². The van der Waals surface area contributed by atoms with Crippen molar-refractivity contribution in [1.29, 1.82) is 0 Å². The molecule has 0 bridgehead atoms. The van der Waals surface area contributed by atoms with E-state index >= 15 is 0 Å². The van der Waals surface area contributed by atoms with E-state index in [1.165, 1.54) is 0 Å². The Hall–Kier alpha value is -1.55. The molecule has 4 nitrogen and oxygen atoms in total. The lowest BCUT2D eigenvalue weighted by Crippen LogP contribution is -2.06. The van der Waals surface area contributed by atoms with Gasteiger partial charge in [-0.15, -0.1) is 0 Å². The Kier molecular flexibility index (Phi) is 3.64. The average molecular weight is 233 g/mol. The number of hydrogen-bond acceptors (Lipinski definition) is 3. The average Bonchev–Trinajstić information content (AvgIpc) is 2.67. The van der Waals surface area contributed by atoms with Crippen molar-refractivity contribution in [1.82, 2.24) is 9.55 Å². The van der Waals surface area contributed by atoms with Crippen molar-refractivity contribution in [3.05, 3.63) is 24.0 Å². The number of fused-ring (bicyclic) bond motifs is 1. The number of nitrogens with two attached hydrogens (primary N) is 1. The molecule has 1 aromatic heterocycles. The minimum Gasteiger partial charge on any atom is -0.397 e. The van der Waals surface area contributed by atoms with Crippen LogP contribution in [-0.4, -0.2) is 21.3 Å². The van der Waals surface area contributed by atoms with Gasteiger partial charge < -0.3 is 15.4 Å². The molecular weight excluding hydrogens is 214 g/mol. The van der Waals surface area contributed by atoms with Crippen LogP contribution in [0.15, 0.2) is 18.2 Å². The fourth-order valence-electron chi connectivity index (χ4n) is 2.09. The smallest absolute Gasteiger partial charge is 0.112 e. The van der Waals surface area contributed by atoms with Crippen molar-refractivity contribution < 1.29 is 5.11 Å². The van der Waals surface area contributed by atoms with Gasteiger partial charge in [0.15, 0.2) is 0 Å². The number of nitrogen functional groups attached to an aromatic ring is 1. The van der Waals surface area contributed by atoms with Gasteiger partial charge >= 0.3 is 0 Å². The third kappa shape index (κ3) is 2.26. The van der Waals surface area contributed by atoms with E-state index in [-0.39, 0.29) is 6.61 Å². The molecule has 0 fully saturated rings. The number of aryl methyl sites for hydroxylation is 1. The number of aliphatic hydroxyl groups excluding tert-OH is 1. The second-order valence-electron chi connectivity index (χ2n) is 4.22. The molecule has 2 aromatic rings. The van der Waals surface area contributed by atoms with Crippen molar-refractivity contribution in [2.75, 3.05) is 12.3 Å². The summed E-state index contributed by atoms with van der Waals surface area (Å²) in [6.07, 6.45) is 3.18.